The molecule has 20 heavy (non-hydrogen) atoms. The fourth-order valence-electron chi connectivity index (χ4n) is 2.97. The van der Waals surface area contributed by atoms with E-state index in [1.54, 1.807) is 0 Å². The van der Waals surface area contributed by atoms with Crippen molar-refractivity contribution in [1.29, 1.82) is 0 Å². The molecule has 1 aliphatic carbocycles. The van der Waals surface area contributed by atoms with Crippen molar-refractivity contribution >= 4 is 34.2 Å². The first kappa shape index (κ1) is 15.8. The predicted octanol–water partition coefficient (Wildman–Crippen LogP) is 3.84. The van der Waals surface area contributed by atoms with Crippen LogP contribution in [0.3, 0.4) is 0 Å². The van der Waals surface area contributed by atoms with Gasteiger partial charge in [-0.25, -0.2) is 0 Å². The molecule has 1 amide bonds. The molecule has 3 N–H and O–H groups in total. The molecule has 1 fully saturated rings. The number of benzene rings is 1. The van der Waals surface area contributed by atoms with Crippen LogP contribution in [0.1, 0.15) is 44.1 Å². The summed E-state index contributed by atoms with van der Waals surface area (Å²) in [6.45, 7) is 2.69. The first-order valence-electron chi connectivity index (χ1n) is 7.31. The van der Waals surface area contributed by atoms with E-state index in [0.29, 0.717) is 13.0 Å². The van der Waals surface area contributed by atoms with Crippen LogP contribution in [0.4, 0.5) is 5.69 Å². The minimum atomic E-state index is 0.0280. The molecule has 1 aromatic carbocycles. The van der Waals surface area contributed by atoms with Crippen molar-refractivity contribution < 1.29 is 4.79 Å². The van der Waals surface area contributed by atoms with Gasteiger partial charge in [0.25, 0.3) is 0 Å². The first-order valence-corrected chi connectivity index (χ1v) is 8.39. The van der Waals surface area contributed by atoms with Crippen LogP contribution in [0.15, 0.2) is 18.2 Å². The van der Waals surface area contributed by atoms with Crippen LogP contribution in [0.2, 0.25) is 0 Å². The number of amides is 1. The number of nitrogens with one attached hydrogen (secondary N) is 1. The minimum absolute atomic E-state index is 0.0280. The van der Waals surface area contributed by atoms with E-state index in [1.165, 1.54) is 28.4 Å². The zero-order valence-corrected chi connectivity index (χ0v) is 14.2. The smallest absolute Gasteiger partial charge is 0.224 e. The van der Waals surface area contributed by atoms with E-state index in [-0.39, 0.29) is 11.3 Å². The average molecular weight is 386 g/mol. The Hall–Kier alpha value is -0.620. The zero-order chi connectivity index (χ0) is 14.6. The third-order valence-electron chi connectivity index (χ3n) is 4.34. The molecule has 1 aromatic rings. The van der Waals surface area contributed by atoms with Gasteiger partial charge in [-0.1, -0.05) is 25.3 Å². The summed E-state index contributed by atoms with van der Waals surface area (Å²) in [5.41, 5.74) is 8.08. The maximum atomic E-state index is 12.3. The van der Waals surface area contributed by atoms with Crippen molar-refractivity contribution in [3.05, 3.63) is 27.3 Å². The van der Waals surface area contributed by atoms with Gasteiger partial charge in [0.1, 0.15) is 0 Å². The molecular weight excluding hydrogens is 363 g/mol. The van der Waals surface area contributed by atoms with E-state index in [0.717, 1.165) is 18.5 Å². The van der Waals surface area contributed by atoms with Crippen LogP contribution in [0.25, 0.3) is 0 Å². The zero-order valence-electron chi connectivity index (χ0n) is 12.0. The van der Waals surface area contributed by atoms with Crippen LogP contribution in [-0.2, 0) is 4.79 Å². The summed E-state index contributed by atoms with van der Waals surface area (Å²) in [5.74, 6) is 0.0944. The van der Waals surface area contributed by atoms with Crippen molar-refractivity contribution in [3.63, 3.8) is 0 Å². The molecule has 1 aliphatic rings. The highest BCUT2D eigenvalue weighted by Gasteiger charge is 2.32. The van der Waals surface area contributed by atoms with Gasteiger partial charge in [0.2, 0.25) is 5.91 Å². The second-order valence-electron chi connectivity index (χ2n) is 5.95. The lowest BCUT2D eigenvalue weighted by Gasteiger charge is -2.35. The van der Waals surface area contributed by atoms with E-state index < -0.39 is 0 Å². The Bertz CT molecular complexity index is 481. The summed E-state index contributed by atoms with van der Waals surface area (Å²) in [4.78, 5) is 12.3. The summed E-state index contributed by atoms with van der Waals surface area (Å²) in [5, 5.41) is 3.02. The Morgan fingerprint density at radius 1 is 1.35 bits per heavy atom. The third-order valence-corrected chi connectivity index (χ3v) is 5.50. The minimum Gasteiger partial charge on any atom is -0.330 e. The monoisotopic (exact) mass is 386 g/mol. The van der Waals surface area contributed by atoms with Crippen LogP contribution in [-0.4, -0.2) is 12.5 Å². The normalized spacial score (nSPS) is 17.8. The SMILES string of the molecule is Cc1ccc(NC(=O)CC2(CN)CCCCC2)cc1I. The Morgan fingerprint density at radius 3 is 2.65 bits per heavy atom. The molecule has 0 saturated heterocycles. The second kappa shape index (κ2) is 6.89. The topological polar surface area (TPSA) is 55.1 Å². The lowest BCUT2D eigenvalue weighted by Crippen LogP contribution is -2.36. The van der Waals surface area contributed by atoms with Crippen molar-refractivity contribution in [1.82, 2.24) is 0 Å². The number of anilines is 1. The number of rotatable bonds is 4. The van der Waals surface area contributed by atoms with Gasteiger partial charge in [0.15, 0.2) is 0 Å². The molecular formula is C16H23IN2O. The van der Waals surface area contributed by atoms with Crippen molar-refractivity contribution in [2.45, 2.75) is 45.4 Å². The molecule has 0 radical (unpaired) electrons. The standard InChI is InChI=1S/C16H23IN2O/c1-12-5-6-13(9-14(12)17)19-15(20)10-16(11-18)7-3-2-4-8-16/h5-6,9H,2-4,7-8,10-11,18H2,1H3,(H,19,20). The Balaban J connectivity index is 1.98. The van der Waals surface area contributed by atoms with E-state index in [4.69, 9.17) is 5.73 Å². The molecule has 0 heterocycles. The van der Waals surface area contributed by atoms with Crippen molar-refractivity contribution in [2.24, 2.45) is 11.1 Å². The predicted molar refractivity (Wildman–Crippen MR) is 91.7 cm³/mol. The lowest BCUT2D eigenvalue weighted by atomic mass is 9.71. The fraction of sp³-hybridized carbons (Fsp3) is 0.562. The highest BCUT2D eigenvalue weighted by atomic mass is 127. The van der Waals surface area contributed by atoms with Gasteiger partial charge in [0, 0.05) is 15.7 Å². The van der Waals surface area contributed by atoms with Gasteiger partial charge in [-0.05, 0) is 72.0 Å². The summed E-state index contributed by atoms with van der Waals surface area (Å²) in [6.07, 6.45) is 6.40. The molecule has 0 aliphatic heterocycles. The molecule has 0 spiro atoms. The number of aryl methyl sites for hydroxylation is 1. The molecule has 0 aromatic heterocycles. The van der Waals surface area contributed by atoms with Crippen LogP contribution >= 0.6 is 22.6 Å². The Kier molecular flexibility index (Phi) is 5.43. The Labute approximate surface area is 134 Å². The summed E-state index contributed by atoms with van der Waals surface area (Å²) < 4.78 is 1.17. The van der Waals surface area contributed by atoms with Crippen LogP contribution in [0, 0.1) is 15.9 Å². The van der Waals surface area contributed by atoms with E-state index in [9.17, 15) is 4.79 Å². The van der Waals surface area contributed by atoms with Gasteiger partial charge >= 0.3 is 0 Å². The fourth-order valence-corrected chi connectivity index (χ4v) is 3.49. The highest BCUT2D eigenvalue weighted by molar-refractivity contribution is 14.1. The second-order valence-corrected chi connectivity index (χ2v) is 7.12. The van der Waals surface area contributed by atoms with Gasteiger partial charge in [-0.2, -0.15) is 0 Å². The van der Waals surface area contributed by atoms with Crippen molar-refractivity contribution in [3.8, 4) is 0 Å². The maximum absolute atomic E-state index is 12.3. The van der Waals surface area contributed by atoms with Crippen LogP contribution < -0.4 is 11.1 Å². The number of hydrogen-bond donors (Lipinski definition) is 2. The quantitative estimate of drug-likeness (QED) is 0.773. The van der Waals surface area contributed by atoms with Gasteiger partial charge in [0.05, 0.1) is 0 Å². The molecule has 2 rings (SSSR count). The number of carbonyl (C=O) groups excluding carboxylic acids is 1. The van der Waals surface area contributed by atoms with Gasteiger partial charge in [-0.15, -0.1) is 0 Å². The Morgan fingerprint density at radius 2 is 2.05 bits per heavy atom. The number of halogens is 1. The first-order chi connectivity index (χ1) is 9.54. The van der Waals surface area contributed by atoms with Crippen molar-refractivity contribution in [2.75, 3.05) is 11.9 Å². The van der Waals surface area contributed by atoms with E-state index in [2.05, 4.69) is 34.8 Å². The average Bonchev–Trinajstić information content (AvgIpc) is 2.44. The van der Waals surface area contributed by atoms with E-state index >= 15 is 0 Å². The molecule has 0 bridgehead atoms. The number of hydrogen-bond acceptors (Lipinski definition) is 2. The number of carbonyl (C=O) groups is 1. The summed E-state index contributed by atoms with van der Waals surface area (Å²) in [6, 6.07) is 6.02. The van der Waals surface area contributed by atoms with Crippen LogP contribution in [0.5, 0.6) is 0 Å². The molecule has 4 heteroatoms. The molecule has 0 unspecified atom stereocenters. The summed E-state index contributed by atoms with van der Waals surface area (Å²) in [7, 11) is 0. The summed E-state index contributed by atoms with van der Waals surface area (Å²) >= 11 is 2.29. The maximum Gasteiger partial charge on any atom is 0.224 e. The number of nitrogens with two attached hydrogens (primary N) is 1. The molecule has 3 nitrogen and oxygen atoms in total. The lowest BCUT2D eigenvalue weighted by molar-refractivity contribution is -0.118. The highest BCUT2D eigenvalue weighted by Crippen LogP contribution is 2.38. The molecule has 0 atom stereocenters. The molecule has 110 valence electrons. The largest absolute Gasteiger partial charge is 0.330 e. The van der Waals surface area contributed by atoms with E-state index in [1.807, 2.05) is 18.2 Å². The van der Waals surface area contributed by atoms with Gasteiger partial charge in [-0.3, -0.25) is 4.79 Å². The third kappa shape index (κ3) is 3.95. The van der Waals surface area contributed by atoms with Gasteiger partial charge < -0.3 is 11.1 Å². The molecule has 1 saturated carbocycles.